The van der Waals surface area contributed by atoms with Gasteiger partial charge < -0.3 is 10.3 Å². The summed E-state index contributed by atoms with van der Waals surface area (Å²) in [5.41, 5.74) is 9.38. The van der Waals surface area contributed by atoms with E-state index in [2.05, 4.69) is 36.4 Å². The maximum atomic E-state index is 5.96. The number of fused-ring (bicyclic) bond motifs is 1. The molecule has 1 aromatic heterocycles. The van der Waals surface area contributed by atoms with E-state index in [1.54, 1.807) is 0 Å². The highest BCUT2D eigenvalue weighted by atomic mass is 15.1. The van der Waals surface area contributed by atoms with E-state index in [4.69, 9.17) is 5.73 Å². The van der Waals surface area contributed by atoms with E-state index < -0.39 is 0 Å². The first kappa shape index (κ1) is 11.0. The van der Waals surface area contributed by atoms with Crippen LogP contribution in [0.15, 0.2) is 18.2 Å². The molecule has 86 valence electrons. The smallest absolute Gasteiger partial charge is 0.201 e. The summed E-state index contributed by atoms with van der Waals surface area (Å²) < 4.78 is 2.13. The van der Waals surface area contributed by atoms with Gasteiger partial charge in [-0.2, -0.15) is 0 Å². The number of rotatable bonds is 3. The molecule has 0 saturated carbocycles. The summed E-state index contributed by atoms with van der Waals surface area (Å²) in [6, 6.07) is 6.15. The van der Waals surface area contributed by atoms with Crippen molar-refractivity contribution in [1.82, 2.24) is 9.55 Å². The molecular weight excluding hydrogens is 198 g/mol. The van der Waals surface area contributed by atoms with Gasteiger partial charge in [0.1, 0.15) is 0 Å². The first-order chi connectivity index (χ1) is 7.59. The topological polar surface area (TPSA) is 43.8 Å². The van der Waals surface area contributed by atoms with Gasteiger partial charge in [0.2, 0.25) is 5.95 Å². The van der Waals surface area contributed by atoms with Gasteiger partial charge in [0.15, 0.2) is 0 Å². The van der Waals surface area contributed by atoms with Crippen molar-refractivity contribution in [2.45, 2.75) is 33.7 Å². The van der Waals surface area contributed by atoms with Crippen LogP contribution in [0.4, 0.5) is 5.95 Å². The molecule has 0 aliphatic rings. The van der Waals surface area contributed by atoms with Crippen LogP contribution in [0, 0.1) is 12.8 Å². The van der Waals surface area contributed by atoms with Gasteiger partial charge in [-0.15, -0.1) is 0 Å². The second kappa shape index (κ2) is 4.16. The fourth-order valence-electron chi connectivity index (χ4n) is 2.00. The number of anilines is 1. The third kappa shape index (κ3) is 1.90. The molecule has 0 radical (unpaired) electrons. The van der Waals surface area contributed by atoms with E-state index >= 15 is 0 Å². The highest BCUT2D eigenvalue weighted by Gasteiger charge is 2.09. The van der Waals surface area contributed by atoms with Crippen molar-refractivity contribution >= 4 is 17.0 Å². The predicted molar refractivity (Wildman–Crippen MR) is 68.3 cm³/mol. The quantitative estimate of drug-likeness (QED) is 0.859. The van der Waals surface area contributed by atoms with Gasteiger partial charge in [-0.05, 0) is 30.9 Å². The number of aryl methyl sites for hydroxylation is 2. The maximum Gasteiger partial charge on any atom is 0.201 e. The van der Waals surface area contributed by atoms with E-state index in [1.807, 2.05) is 12.1 Å². The molecule has 2 aromatic rings. The monoisotopic (exact) mass is 217 g/mol. The Bertz CT molecular complexity index is 497. The van der Waals surface area contributed by atoms with Gasteiger partial charge in [0.05, 0.1) is 11.0 Å². The molecule has 0 fully saturated rings. The number of nitrogen functional groups attached to an aromatic ring is 1. The lowest BCUT2D eigenvalue weighted by molar-refractivity contribution is 0.526. The minimum atomic E-state index is 0.630. The fourth-order valence-corrected chi connectivity index (χ4v) is 2.00. The molecule has 0 amide bonds. The summed E-state index contributed by atoms with van der Waals surface area (Å²) in [5.74, 6) is 1.31. The summed E-state index contributed by atoms with van der Waals surface area (Å²) in [4.78, 5) is 4.39. The van der Waals surface area contributed by atoms with Crippen LogP contribution in [0.5, 0.6) is 0 Å². The average Bonchev–Trinajstić information content (AvgIpc) is 2.52. The van der Waals surface area contributed by atoms with Crippen molar-refractivity contribution < 1.29 is 0 Å². The largest absolute Gasteiger partial charge is 0.369 e. The normalized spacial score (nSPS) is 11.5. The number of nitrogens with zero attached hydrogens (tertiary/aromatic N) is 2. The highest BCUT2D eigenvalue weighted by Crippen LogP contribution is 2.22. The minimum absolute atomic E-state index is 0.630. The summed E-state index contributed by atoms with van der Waals surface area (Å²) in [5, 5.41) is 0. The number of nitrogens with two attached hydrogens (primary N) is 1. The molecule has 0 unspecified atom stereocenters. The number of aromatic nitrogens is 2. The van der Waals surface area contributed by atoms with Crippen molar-refractivity contribution in [1.29, 1.82) is 0 Å². The van der Waals surface area contributed by atoms with E-state index in [0.29, 0.717) is 11.9 Å². The number of hydrogen-bond acceptors (Lipinski definition) is 2. The van der Waals surface area contributed by atoms with Gasteiger partial charge in [0, 0.05) is 6.54 Å². The Morgan fingerprint density at radius 2 is 2.12 bits per heavy atom. The minimum Gasteiger partial charge on any atom is -0.369 e. The van der Waals surface area contributed by atoms with Gasteiger partial charge >= 0.3 is 0 Å². The second-order valence-electron chi connectivity index (χ2n) is 4.75. The van der Waals surface area contributed by atoms with Gasteiger partial charge in [-0.3, -0.25) is 0 Å². The lowest BCUT2D eigenvalue weighted by atomic mass is 10.1. The van der Waals surface area contributed by atoms with Crippen molar-refractivity contribution in [2.75, 3.05) is 5.73 Å². The summed E-state index contributed by atoms with van der Waals surface area (Å²) in [7, 11) is 0. The Hall–Kier alpha value is -1.51. The summed E-state index contributed by atoms with van der Waals surface area (Å²) in [6.45, 7) is 7.50. The van der Waals surface area contributed by atoms with Crippen molar-refractivity contribution in [3.05, 3.63) is 23.8 Å². The van der Waals surface area contributed by atoms with Crippen LogP contribution in [0.2, 0.25) is 0 Å². The third-order valence-corrected chi connectivity index (χ3v) is 2.93. The molecule has 1 heterocycles. The third-order valence-electron chi connectivity index (χ3n) is 2.93. The molecule has 2 rings (SSSR count). The number of benzene rings is 1. The summed E-state index contributed by atoms with van der Waals surface area (Å²) >= 11 is 0. The Kier molecular flexibility index (Phi) is 2.86. The SMILES string of the molecule is Cc1cccc2nc(N)n(CCC(C)C)c12. The predicted octanol–water partition coefficient (Wildman–Crippen LogP) is 2.97. The standard InChI is InChI=1S/C13H19N3/c1-9(2)7-8-16-12-10(3)5-4-6-11(12)15-13(16)14/h4-6,9H,7-8H2,1-3H3,(H2,14,15). The Morgan fingerprint density at radius 3 is 2.81 bits per heavy atom. The van der Waals surface area contributed by atoms with Crippen molar-refractivity contribution in [3.63, 3.8) is 0 Å². The molecule has 1 aromatic carbocycles. The van der Waals surface area contributed by atoms with Gasteiger partial charge in [-0.25, -0.2) is 4.98 Å². The van der Waals surface area contributed by atoms with Crippen LogP contribution in [0.3, 0.4) is 0 Å². The van der Waals surface area contributed by atoms with Crippen LogP contribution in [-0.4, -0.2) is 9.55 Å². The molecule has 3 nitrogen and oxygen atoms in total. The van der Waals surface area contributed by atoms with Crippen LogP contribution in [0.1, 0.15) is 25.8 Å². The molecule has 0 spiro atoms. The zero-order valence-corrected chi connectivity index (χ0v) is 10.2. The van der Waals surface area contributed by atoms with Crippen LogP contribution >= 0.6 is 0 Å². The first-order valence-corrected chi connectivity index (χ1v) is 5.81. The molecule has 3 heteroatoms. The lowest BCUT2D eigenvalue weighted by Crippen LogP contribution is -2.06. The van der Waals surface area contributed by atoms with Crippen molar-refractivity contribution in [2.24, 2.45) is 5.92 Å². The lowest BCUT2D eigenvalue weighted by Gasteiger charge is -2.09. The van der Waals surface area contributed by atoms with Crippen LogP contribution in [0.25, 0.3) is 11.0 Å². The highest BCUT2D eigenvalue weighted by molar-refractivity contribution is 5.81. The fraction of sp³-hybridized carbons (Fsp3) is 0.462. The maximum absolute atomic E-state index is 5.96. The van der Waals surface area contributed by atoms with E-state index in [9.17, 15) is 0 Å². The summed E-state index contributed by atoms with van der Waals surface area (Å²) in [6.07, 6.45) is 1.13. The van der Waals surface area contributed by atoms with Crippen molar-refractivity contribution in [3.8, 4) is 0 Å². The molecule has 16 heavy (non-hydrogen) atoms. The second-order valence-corrected chi connectivity index (χ2v) is 4.75. The average molecular weight is 217 g/mol. The Morgan fingerprint density at radius 1 is 1.38 bits per heavy atom. The zero-order valence-electron chi connectivity index (χ0n) is 10.2. The Labute approximate surface area is 96.3 Å². The molecular formula is C13H19N3. The van der Waals surface area contributed by atoms with Crippen LogP contribution in [-0.2, 0) is 6.54 Å². The van der Waals surface area contributed by atoms with E-state index in [-0.39, 0.29) is 0 Å². The van der Waals surface area contributed by atoms with Gasteiger partial charge in [-0.1, -0.05) is 26.0 Å². The van der Waals surface area contributed by atoms with E-state index in [0.717, 1.165) is 18.5 Å². The number of hydrogen-bond donors (Lipinski definition) is 1. The van der Waals surface area contributed by atoms with Gasteiger partial charge in [0.25, 0.3) is 0 Å². The molecule has 0 aliphatic carbocycles. The Balaban J connectivity index is 2.46. The molecule has 0 bridgehead atoms. The molecule has 2 N–H and O–H groups in total. The van der Waals surface area contributed by atoms with E-state index in [1.165, 1.54) is 11.1 Å². The van der Waals surface area contributed by atoms with Crippen LogP contribution < -0.4 is 5.73 Å². The number of imidazole rings is 1. The zero-order chi connectivity index (χ0) is 11.7. The molecule has 0 atom stereocenters. The number of para-hydroxylation sites is 1. The molecule has 0 aliphatic heterocycles. The first-order valence-electron chi connectivity index (χ1n) is 5.81. The molecule has 0 saturated heterocycles.